The number of rotatable bonds is 8. The molecule has 10 heteroatoms. The van der Waals surface area contributed by atoms with Gasteiger partial charge in [-0.1, -0.05) is 42.5 Å². The number of carbonyl (C=O) groups is 1. The van der Waals surface area contributed by atoms with Crippen LogP contribution >= 0.6 is 0 Å². The Balaban J connectivity index is 1.30. The van der Waals surface area contributed by atoms with E-state index in [2.05, 4.69) is 9.71 Å². The topological polar surface area (TPSA) is 79.4 Å². The fraction of sp³-hybridized carbons (Fsp3) is 0.294. The fourth-order valence-electron chi connectivity index (χ4n) is 6.04. The maximum atomic E-state index is 14.0. The number of nitrogens with zero attached hydrogens (tertiary/aromatic N) is 2. The van der Waals surface area contributed by atoms with Crippen molar-refractivity contribution in [3.05, 3.63) is 125 Å². The van der Waals surface area contributed by atoms with Gasteiger partial charge in [-0.15, -0.1) is 0 Å². The number of aromatic nitrogens is 1. The molecule has 228 valence electrons. The summed E-state index contributed by atoms with van der Waals surface area (Å²) in [6.07, 6.45) is -1.81. The molecule has 1 fully saturated rings. The Morgan fingerprint density at radius 1 is 0.977 bits per heavy atom. The van der Waals surface area contributed by atoms with Crippen LogP contribution in [0.25, 0.3) is 0 Å². The third kappa shape index (κ3) is 6.42. The van der Waals surface area contributed by atoms with Crippen LogP contribution < -0.4 is 9.62 Å². The molecule has 1 amide bonds. The lowest BCUT2D eigenvalue weighted by molar-refractivity contribution is -0.137. The van der Waals surface area contributed by atoms with E-state index in [-0.39, 0.29) is 29.2 Å². The molecule has 6 rings (SSSR count). The van der Waals surface area contributed by atoms with Crippen molar-refractivity contribution in [3.8, 4) is 0 Å². The van der Waals surface area contributed by atoms with Crippen LogP contribution in [0.4, 0.5) is 18.9 Å². The molecule has 4 aromatic rings. The Bertz CT molecular complexity index is 1780. The van der Waals surface area contributed by atoms with Crippen molar-refractivity contribution in [1.29, 1.82) is 0 Å². The van der Waals surface area contributed by atoms with Gasteiger partial charge in [-0.3, -0.25) is 9.78 Å². The van der Waals surface area contributed by atoms with Gasteiger partial charge in [-0.2, -0.15) is 13.2 Å². The van der Waals surface area contributed by atoms with E-state index in [4.69, 9.17) is 0 Å². The molecule has 0 saturated heterocycles. The predicted molar refractivity (Wildman–Crippen MR) is 161 cm³/mol. The number of alkyl halides is 3. The quantitative estimate of drug-likeness (QED) is 0.228. The number of anilines is 1. The number of benzene rings is 3. The summed E-state index contributed by atoms with van der Waals surface area (Å²) in [5.74, 6) is -0.0513. The molecule has 1 aromatic heterocycles. The number of pyridine rings is 1. The number of nitrogens with one attached hydrogen (secondary N) is 1. The summed E-state index contributed by atoms with van der Waals surface area (Å²) in [6.45, 7) is 2.16. The zero-order valence-corrected chi connectivity index (χ0v) is 24.9. The molecule has 3 aromatic carbocycles. The first-order chi connectivity index (χ1) is 21.0. The molecule has 2 aliphatic carbocycles. The molecule has 1 saturated carbocycles. The van der Waals surface area contributed by atoms with Crippen molar-refractivity contribution in [1.82, 2.24) is 9.71 Å². The van der Waals surface area contributed by atoms with E-state index in [1.165, 1.54) is 0 Å². The lowest BCUT2D eigenvalue weighted by Crippen LogP contribution is -2.34. The molecule has 0 spiro atoms. The van der Waals surface area contributed by atoms with Crippen LogP contribution in [0.1, 0.15) is 64.9 Å². The molecular weight excluding hydrogens is 587 g/mol. The average Bonchev–Trinajstić information content (AvgIpc) is 3.81. The van der Waals surface area contributed by atoms with Crippen molar-refractivity contribution in [2.24, 2.45) is 5.92 Å². The van der Waals surface area contributed by atoms with Gasteiger partial charge in [0.2, 0.25) is 15.9 Å². The Hall–Kier alpha value is -4.02. The minimum atomic E-state index is -4.56. The van der Waals surface area contributed by atoms with Crippen molar-refractivity contribution in [2.45, 2.75) is 62.2 Å². The SMILES string of the molecule is Cc1cccc(CN(C(=O)C2CC2c2ccccc2)c2ccc3c(c2)C(NS(=O)(=O)c2ccc(C(F)(F)F)cc2)CCC3)n1. The Labute approximate surface area is 255 Å². The van der Waals surface area contributed by atoms with Gasteiger partial charge in [0.15, 0.2) is 0 Å². The number of carbonyl (C=O) groups excluding carboxylic acids is 1. The molecule has 0 bridgehead atoms. The summed E-state index contributed by atoms with van der Waals surface area (Å²) >= 11 is 0. The number of amides is 1. The first-order valence-electron chi connectivity index (χ1n) is 14.6. The highest BCUT2D eigenvalue weighted by atomic mass is 32.2. The van der Waals surface area contributed by atoms with Crippen LogP contribution in [-0.2, 0) is 34.0 Å². The highest BCUT2D eigenvalue weighted by Gasteiger charge is 2.46. The summed E-state index contributed by atoms with van der Waals surface area (Å²) in [7, 11) is -4.12. The Morgan fingerprint density at radius 2 is 1.73 bits per heavy atom. The van der Waals surface area contributed by atoms with Gasteiger partial charge in [0.25, 0.3) is 0 Å². The zero-order valence-electron chi connectivity index (χ0n) is 24.1. The highest BCUT2D eigenvalue weighted by molar-refractivity contribution is 7.89. The number of aryl methyl sites for hydroxylation is 2. The number of sulfonamides is 1. The second-order valence-corrected chi connectivity index (χ2v) is 13.2. The summed E-state index contributed by atoms with van der Waals surface area (Å²) in [5, 5.41) is 0. The van der Waals surface area contributed by atoms with E-state index >= 15 is 0 Å². The number of hydrogen-bond donors (Lipinski definition) is 1. The summed E-state index contributed by atoms with van der Waals surface area (Å²) < 4.78 is 68.4. The van der Waals surface area contributed by atoms with E-state index in [0.717, 1.165) is 71.6 Å². The molecule has 0 aliphatic heterocycles. The van der Waals surface area contributed by atoms with Crippen LogP contribution in [0, 0.1) is 12.8 Å². The third-order valence-electron chi connectivity index (χ3n) is 8.41. The number of hydrogen-bond acceptors (Lipinski definition) is 4. The van der Waals surface area contributed by atoms with Crippen LogP contribution in [0.15, 0.2) is 95.9 Å². The molecular formula is C34H32F3N3O3S. The summed E-state index contributed by atoms with van der Waals surface area (Å²) in [4.78, 5) is 20.2. The molecule has 44 heavy (non-hydrogen) atoms. The van der Waals surface area contributed by atoms with E-state index in [9.17, 15) is 26.4 Å². The first kappa shape index (κ1) is 30.0. The first-order valence-corrected chi connectivity index (χ1v) is 16.1. The van der Waals surface area contributed by atoms with Crippen LogP contribution in [0.3, 0.4) is 0 Å². The molecule has 1 N–H and O–H groups in total. The van der Waals surface area contributed by atoms with Gasteiger partial charge in [0, 0.05) is 23.3 Å². The van der Waals surface area contributed by atoms with Crippen LogP contribution in [0.5, 0.6) is 0 Å². The molecule has 0 radical (unpaired) electrons. The molecule has 1 heterocycles. The highest BCUT2D eigenvalue weighted by Crippen LogP contribution is 2.49. The summed E-state index contributed by atoms with van der Waals surface area (Å²) in [6, 6.07) is 24.3. The van der Waals surface area contributed by atoms with Crippen molar-refractivity contribution < 1.29 is 26.4 Å². The fourth-order valence-corrected chi connectivity index (χ4v) is 7.29. The largest absolute Gasteiger partial charge is 0.416 e. The van der Waals surface area contributed by atoms with E-state index in [1.54, 1.807) is 4.90 Å². The lowest BCUT2D eigenvalue weighted by Gasteiger charge is -2.29. The smallest absolute Gasteiger partial charge is 0.306 e. The predicted octanol–water partition coefficient (Wildman–Crippen LogP) is 7.10. The van der Waals surface area contributed by atoms with Gasteiger partial charge >= 0.3 is 6.18 Å². The van der Waals surface area contributed by atoms with Crippen LogP contribution in [0.2, 0.25) is 0 Å². The number of fused-ring (bicyclic) bond motifs is 1. The second-order valence-electron chi connectivity index (χ2n) is 11.5. The normalized spacial score (nSPS) is 19.7. The molecule has 2 aliphatic rings. The van der Waals surface area contributed by atoms with Gasteiger partial charge in [-0.05, 0) is 104 Å². The second kappa shape index (κ2) is 11.8. The zero-order chi connectivity index (χ0) is 31.1. The van der Waals surface area contributed by atoms with E-state index < -0.39 is 27.8 Å². The molecule has 3 unspecified atom stereocenters. The van der Waals surface area contributed by atoms with Crippen molar-refractivity contribution >= 4 is 21.6 Å². The Kier molecular flexibility index (Phi) is 8.06. The molecule has 6 nitrogen and oxygen atoms in total. The van der Waals surface area contributed by atoms with E-state index in [1.807, 2.05) is 73.7 Å². The van der Waals surface area contributed by atoms with Crippen molar-refractivity contribution in [2.75, 3.05) is 4.90 Å². The van der Waals surface area contributed by atoms with Gasteiger partial charge in [-0.25, -0.2) is 13.1 Å². The molecule has 3 atom stereocenters. The Morgan fingerprint density at radius 3 is 2.43 bits per heavy atom. The maximum absolute atomic E-state index is 14.0. The minimum Gasteiger partial charge on any atom is -0.306 e. The van der Waals surface area contributed by atoms with Gasteiger partial charge in [0.1, 0.15) is 0 Å². The van der Waals surface area contributed by atoms with Gasteiger partial charge in [0.05, 0.1) is 22.7 Å². The minimum absolute atomic E-state index is 0.0141. The van der Waals surface area contributed by atoms with E-state index in [0.29, 0.717) is 12.1 Å². The van der Waals surface area contributed by atoms with Gasteiger partial charge < -0.3 is 4.90 Å². The standard InChI is InChI=1S/C34H32F3N3O3S/c1-22-7-5-11-26(38-22)21-40(33(41)31-20-29(31)23-8-3-2-4-9-23)27-16-13-24-10-6-12-32(30(24)19-27)39-44(42,43)28-17-14-25(15-18-28)34(35,36)37/h2-5,7-9,11,13-19,29,31-32,39H,6,10,12,20-21H2,1H3. The lowest BCUT2D eigenvalue weighted by atomic mass is 9.87. The average molecular weight is 620 g/mol. The summed E-state index contributed by atoms with van der Waals surface area (Å²) in [5.41, 5.74) is 4.17. The number of halogens is 3. The van der Waals surface area contributed by atoms with Crippen molar-refractivity contribution in [3.63, 3.8) is 0 Å². The van der Waals surface area contributed by atoms with Crippen LogP contribution in [-0.4, -0.2) is 19.3 Å². The monoisotopic (exact) mass is 619 g/mol. The third-order valence-corrected chi connectivity index (χ3v) is 9.90. The maximum Gasteiger partial charge on any atom is 0.416 e.